The van der Waals surface area contributed by atoms with Gasteiger partial charge in [0.2, 0.25) is 0 Å². The van der Waals surface area contributed by atoms with Gasteiger partial charge in [-0.05, 0) is 37.5 Å². The van der Waals surface area contributed by atoms with Crippen LogP contribution in [0, 0.1) is 25.2 Å². The lowest BCUT2D eigenvalue weighted by atomic mass is 10.1. The summed E-state index contributed by atoms with van der Waals surface area (Å²) in [6.07, 6.45) is 1.42. The predicted molar refractivity (Wildman–Crippen MR) is 61.7 cm³/mol. The van der Waals surface area contributed by atoms with E-state index in [1.807, 2.05) is 0 Å². The second-order valence-corrected chi connectivity index (χ2v) is 3.94. The summed E-state index contributed by atoms with van der Waals surface area (Å²) in [5, 5.41) is 9.87. The number of nitrogens with zero attached hydrogens (tertiary/aromatic N) is 1. The molecule has 2 aromatic rings. The van der Waals surface area contributed by atoms with Crippen LogP contribution in [0.1, 0.15) is 23.2 Å². The summed E-state index contributed by atoms with van der Waals surface area (Å²) in [6, 6.07) is 8.60. The van der Waals surface area contributed by atoms with Gasteiger partial charge in [-0.2, -0.15) is 5.26 Å². The molecule has 0 radical (unpaired) electrons. The van der Waals surface area contributed by atoms with E-state index in [4.69, 9.17) is 5.26 Å². The van der Waals surface area contributed by atoms with Crippen LogP contribution in [0.2, 0.25) is 0 Å². The number of hydrogen-bond acceptors (Lipinski definition) is 1. The fourth-order valence-electron chi connectivity index (χ4n) is 2.01. The molecular formula is C13H14N2. The number of nitrogens with one attached hydrogen (secondary N) is 1. The Labute approximate surface area is 89.5 Å². The number of benzene rings is 1. The number of aryl methyl sites for hydroxylation is 3. The van der Waals surface area contributed by atoms with Gasteiger partial charge in [-0.25, -0.2) is 0 Å². The van der Waals surface area contributed by atoms with Crippen LogP contribution >= 0.6 is 0 Å². The molecule has 2 rings (SSSR count). The Hall–Kier alpha value is -1.75. The summed E-state index contributed by atoms with van der Waals surface area (Å²) < 4.78 is 0. The first-order valence-electron chi connectivity index (χ1n) is 5.17. The summed E-state index contributed by atoms with van der Waals surface area (Å²) in [4.78, 5) is 3.37. The van der Waals surface area contributed by atoms with Crippen molar-refractivity contribution in [3.63, 3.8) is 0 Å². The Morgan fingerprint density at radius 3 is 2.87 bits per heavy atom. The van der Waals surface area contributed by atoms with Gasteiger partial charge in [0, 0.05) is 23.0 Å². The molecule has 0 aliphatic carbocycles. The second-order valence-electron chi connectivity index (χ2n) is 3.94. The molecule has 1 aromatic carbocycles. The van der Waals surface area contributed by atoms with Gasteiger partial charge in [0.25, 0.3) is 0 Å². The third-order valence-electron chi connectivity index (χ3n) is 2.76. The first-order valence-corrected chi connectivity index (χ1v) is 5.17. The predicted octanol–water partition coefficient (Wildman–Crippen LogP) is 3.24. The highest BCUT2D eigenvalue weighted by Crippen LogP contribution is 2.24. The van der Waals surface area contributed by atoms with Crippen molar-refractivity contribution in [3.8, 4) is 6.07 Å². The van der Waals surface area contributed by atoms with Crippen LogP contribution in [0.3, 0.4) is 0 Å². The van der Waals surface area contributed by atoms with Crippen molar-refractivity contribution in [2.24, 2.45) is 0 Å². The number of aromatic nitrogens is 1. The highest BCUT2D eigenvalue weighted by molar-refractivity contribution is 5.85. The maximum atomic E-state index is 8.61. The first-order chi connectivity index (χ1) is 7.22. The minimum atomic E-state index is 0.585. The van der Waals surface area contributed by atoms with Gasteiger partial charge in [-0.1, -0.05) is 12.1 Å². The molecule has 2 heteroatoms. The summed E-state index contributed by atoms with van der Waals surface area (Å²) in [5.74, 6) is 0. The Morgan fingerprint density at radius 1 is 1.33 bits per heavy atom. The molecule has 0 saturated heterocycles. The third-order valence-corrected chi connectivity index (χ3v) is 2.76. The summed E-state index contributed by atoms with van der Waals surface area (Å²) in [7, 11) is 0. The average Bonchev–Trinajstić information content (AvgIpc) is 2.50. The van der Waals surface area contributed by atoms with Crippen LogP contribution in [0.5, 0.6) is 0 Å². The zero-order valence-corrected chi connectivity index (χ0v) is 9.09. The van der Waals surface area contributed by atoms with Gasteiger partial charge < -0.3 is 4.98 Å². The standard InChI is InChI=1S/C13H14N2/c1-9-5-6-12-11(4-3-7-14)10(2)15-13(12)8-9/h5-6,8,15H,3-4H2,1-2H3. The van der Waals surface area contributed by atoms with Crippen LogP contribution in [-0.4, -0.2) is 4.98 Å². The van der Waals surface area contributed by atoms with Crippen molar-refractivity contribution < 1.29 is 0 Å². The van der Waals surface area contributed by atoms with Crippen LogP contribution < -0.4 is 0 Å². The minimum Gasteiger partial charge on any atom is -0.358 e. The molecule has 0 aliphatic heterocycles. The molecule has 0 bridgehead atoms. The van der Waals surface area contributed by atoms with Crippen LogP contribution in [-0.2, 0) is 6.42 Å². The van der Waals surface area contributed by atoms with E-state index < -0.39 is 0 Å². The molecular weight excluding hydrogens is 184 g/mol. The Kier molecular flexibility index (Phi) is 2.47. The van der Waals surface area contributed by atoms with Crippen LogP contribution in [0.4, 0.5) is 0 Å². The van der Waals surface area contributed by atoms with E-state index in [9.17, 15) is 0 Å². The fourth-order valence-corrected chi connectivity index (χ4v) is 2.01. The van der Waals surface area contributed by atoms with Crippen molar-refractivity contribution in [1.82, 2.24) is 4.98 Å². The SMILES string of the molecule is Cc1ccc2c(CCC#N)c(C)[nH]c2c1. The van der Waals surface area contributed by atoms with E-state index >= 15 is 0 Å². The molecule has 0 fully saturated rings. The minimum absolute atomic E-state index is 0.585. The highest BCUT2D eigenvalue weighted by atomic mass is 14.7. The number of rotatable bonds is 2. The van der Waals surface area contributed by atoms with Gasteiger partial charge in [-0.3, -0.25) is 0 Å². The van der Waals surface area contributed by atoms with E-state index in [1.54, 1.807) is 0 Å². The highest BCUT2D eigenvalue weighted by Gasteiger charge is 2.07. The molecule has 0 aliphatic rings. The molecule has 0 unspecified atom stereocenters. The molecule has 0 saturated carbocycles. The quantitative estimate of drug-likeness (QED) is 0.790. The Morgan fingerprint density at radius 2 is 2.13 bits per heavy atom. The largest absolute Gasteiger partial charge is 0.358 e. The van der Waals surface area contributed by atoms with E-state index in [0.29, 0.717) is 6.42 Å². The molecule has 15 heavy (non-hydrogen) atoms. The lowest BCUT2D eigenvalue weighted by molar-refractivity contribution is 1.00. The van der Waals surface area contributed by atoms with E-state index in [0.717, 1.165) is 6.42 Å². The average molecular weight is 198 g/mol. The van der Waals surface area contributed by atoms with Crippen molar-refractivity contribution in [3.05, 3.63) is 35.0 Å². The topological polar surface area (TPSA) is 39.6 Å². The lowest BCUT2D eigenvalue weighted by Crippen LogP contribution is -1.84. The number of aromatic amines is 1. The monoisotopic (exact) mass is 198 g/mol. The first kappa shape index (κ1) is 9.79. The second kappa shape index (κ2) is 3.78. The lowest BCUT2D eigenvalue weighted by Gasteiger charge is -1.97. The van der Waals surface area contributed by atoms with E-state index in [1.165, 1.54) is 27.7 Å². The smallest absolute Gasteiger partial charge is 0.0625 e. The van der Waals surface area contributed by atoms with Gasteiger partial charge >= 0.3 is 0 Å². The molecule has 0 atom stereocenters. The van der Waals surface area contributed by atoms with E-state index in [2.05, 4.69) is 43.1 Å². The zero-order valence-electron chi connectivity index (χ0n) is 9.09. The maximum Gasteiger partial charge on any atom is 0.0625 e. The molecule has 1 aromatic heterocycles. The molecule has 2 nitrogen and oxygen atoms in total. The fraction of sp³-hybridized carbons (Fsp3) is 0.308. The summed E-state index contributed by atoms with van der Waals surface area (Å²) in [6.45, 7) is 4.16. The normalized spacial score (nSPS) is 10.5. The van der Waals surface area contributed by atoms with Gasteiger partial charge in [-0.15, -0.1) is 0 Å². The number of hydrogen-bond donors (Lipinski definition) is 1. The van der Waals surface area contributed by atoms with Crippen molar-refractivity contribution in [2.45, 2.75) is 26.7 Å². The van der Waals surface area contributed by atoms with Gasteiger partial charge in [0.1, 0.15) is 0 Å². The Bertz CT molecular complexity index is 529. The van der Waals surface area contributed by atoms with Crippen molar-refractivity contribution in [2.75, 3.05) is 0 Å². The Balaban J connectivity index is 2.54. The maximum absolute atomic E-state index is 8.61. The molecule has 1 N–H and O–H groups in total. The van der Waals surface area contributed by atoms with Gasteiger partial charge in [0.05, 0.1) is 6.07 Å². The molecule has 0 spiro atoms. The summed E-state index contributed by atoms with van der Waals surface area (Å²) >= 11 is 0. The third kappa shape index (κ3) is 1.73. The molecule has 1 heterocycles. The van der Waals surface area contributed by atoms with Crippen molar-refractivity contribution >= 4 is 10.9 Å². The molecule has 0 amide bonds. The van der Waals surface area contributed by atoms with Gasteiger partial charge in [0.15, 0.2) is 0 Å². The van der Waals surface area contributed by atoms with Crippen molar-refractivity contribution in [1.29, 1.82) is 5.26 Å². The van der Waals surface area contributed by atoms with Crippen LogP contribution in [0.15, 0.2) is 18.2 Å². The summed E-state index contributed by atoms with van der Waals surface area (Å²) in [5.41, 5.74) is 4.91. The zero-order chi connectivity index (χ0) is 10.8. The number of H-pyrrole nitrogens is 1. The number of fused-ring (bicyclic) bond motifs is 1. The van der Waals surface area contributed by atoms with Crippen LogP contribution in [0.25, 0.3) is 10.9 Å². The van der Waals surface area contributed by atoms with E-state index in [-0.39, 0.29) is 0 Å². The molecule has 76 valence electrons. The number of nitriles is 1.